The first-order chi connectivity index (χ1) is 11.5. The summed E-state index contributed by atoms with van der Waals surface area (Å²) >= 11 is 1.39. The quantitative estimate of drug-likeness (QED) is 0.846. The minimum Gasteiger partial charge on any atom is -0.349 e. The monoisotopic (exact) mass is 339 g/mol. The fourth-order valence-electron chi connectivity index (χ4n) is 2.90. The van der Waals surface area contributed by atoms with E-state index in [1.807, 2.05) is 37.3 Å². The Balaban J connectivity index is 1.87. The number of rotatable bonds is 3. The molecule has 0 radical (unpaired) electrons. The van der Waals surface area contributed by atoms with E-state index in [2.05, 4.69) is 41.7 Å². The van der Waals surface area contributed by atoms with Crippen LogP contribution >= 0.6 is 11.8 Å². The van der Waals surface area contributed by atoms with Gasteiger partial charge in [0, 0.05) is 17.9 Å². The summed E-state index contributed by atoms with van der Waals surface area (Å²) in [6, 6.07) is 10.0. The van der Waals surface area contributed by atoms with Gasteiger partial charge in [-0.05, 0) is 74.9 Å². The molecule has 0 bridgehead atoms. The molecule has 3 rings (SSSR count). The first-order valence-corrected chi connectivity index (χ1v) is 8.82. The Hall–Kier alpha value is -2.27. The van der Waals surface area contributed by atoms with Gasteiger partial charge in [0.25, 0.3) is 5.91 Å². The summed E-state index contributed by atoms with van der Waals surface area (Å²) in [5.41, 5.74) is 5.47. The van der Waals surface area contributed by atoms with Gasteiger partial charge in [-0.15, -0.1) is 0 Å². The molecule has 1 aliphatic rings. The molecule has 0 aliphatic carbocycles. The van der Waals surface area contributed by atoms with E-state index in [0.717, 1.165) is 23.4 Å². The molecule has 0 unspecified atom stereocenters. The van der Waals surface area contributed by atoms with E-state index in [1.165, 1.54) is 23.1 Å². The van der Waals surface area contributed by atoms with Crippen molar-refractivity contribution < 1.29 is 4.79 Å². The van der Waals surface area contributed by atoms with Crippen molar-refractivity contribution in [3.63, 3.8) is 0 Å². The topological polar surface area (TPSA) is 46.4 Å². The maximum Gasteiger partial charge on any atom is 0.264 e. The molecule has 4 nitrogen and oxygen atoms in total. The Bertz CT molecular complexity index is 861. The van der Waals surface area contributed by atoms with Crippen LogP contribution in [0.3, 0.4) is 0 Å². The molecule has 5 heteroatoms. The molecule has 1 N–H and O–H groups in total. The zero-order valence-corrected chi connectivity index (χ0v) is 15.2. The molecular weight excluding hydrogens is 318 g/mol. The second kappa shape index (κ2) is 6.69. The highest BCUT2D eigenvalue weighted by Crippen LogP contribution is 2.29. The molecule has 1 amide bonds. The first kappa shape index (κ1) is 16.6. The van der Waals surface area contributed by atoms with E-state index in [9.17, 15) is 4.79 Å². The lowest BCUT2D eigenvalue weighted by atomic mass is 10.2. The SMILES string of the molecule is CCn1c(C)cc(/C=C2\SC(=Nc3cccc(C)c3)NC2=O)c1C. The van der Waals surface area contributed by atoms with E-state index in [4.69, 9.17) is 0 Å². The van der Waals surface area contributed by atoms with Crippen molar-refractivity contribution in [2.75, 3.05) is 0 Å². The van der Waals surface area contributed by atoms with Crippen molar-refractivity contribution in [1.82, 2.24) is 9.88 Å². The molecule has 0 saturated carbocycles. The van der Waals surface area contributed by atoms with Gasteiger partial charge in [0.05, 0.1) is 10.6 Å². The number of aromatic nitrogens is 1. The van der Waals surface area contributed by atoms with Crippen molar-refractivity contribution >= 4 is 34.6 Å². The lowest BCUT2D eigenvalue weighted by Gasteiger charge is -2.04. The second-order valence-corrected chi connectivity index (χ2v) is 6.92. The number of aliphatic imine (C=N–C) groups is 1. The summed E-state index contributed by atoms with van der Waals surface area (Å²) in [7, 11) is 0. The van der Waals surface area contributed by atoms with Crippen LogP contribution in [0.25, 0.3) is 6.08 Å². The number of hydrogen-bond acceptors (Lipinski definition) is 3. The standard InChI is InChI=1S/C19H21N3OS/c1-5-22-13(3)10-15(14(22)4)11-17-18(23)21-19(24-17)20-16-8-6-7-12(2)9-16/h6-11H,5H2,1-4H3,(H,20,21,23)/b17-11-. The van der Waals surface area contributed by atoms with Crippen LogP contribution in [-0.2, 0) is 11.3 Å². The normalized spacial score (nSPS) is 17.8. The molecule has 2 aromatic rings. The van der Waals surface area contributed by atoms with Gasteiger partial charge in [0.1, 0.15) is 0 Å². The van der Waals surface area contributed by atoms with E-state index >= 15 is 0 Å². The minimum absolute atomic E-state index is 0.0901. The van der Waals surface area contributed by atoms with E-state index in [0.29, 0.717) is 10.1 Å². The molecule has 1 aromatic carbocycles. The lowest BCUT2D eigenvalue weighted by molar-refractivity contribution is -0.115. The van der Waals surface area contributed by atoms with E-state index < -0.39 is 0 Å². The van der Waals surface area contributed by atoms with Gasteiger partial charge in [0.2, 0.25) is 0 Å². The van der Waals surface area contributed by atoms with Crippen molar-refractivity contribution in [3.05, 3.63) is 57.8 Å². The van der Waals surface area contributed by atoms with E-state index in [-0.39, 0.29) is 5.91 Å². The molecule has 2 heterocycles. The zero-order valence-electron chi connectivity index (χ0n) is 14.4. The smallest absolute Gasteiger partial charge is 0.264 e. The average Bonchev–Trinajstić information content (AvgIpc) is 2.99. The predicted molar refractivity (Wildman–Crippen MR) is 102 cm³/mol. The van der Waals surface area contributed by atoms with Crippen LogP contribution in [-0.4, -0.2) is 15.6 Å². The van der Waals surface area contributed by atoms with Gasteiger partial charge in [-0.1, -0.05) is 12.1 Å². The molecule has 124 valence electrons. The molecular formula is C19H21N3OS. The Morgan fingerprint density at radius 3 is 2.71 bits per heavy atom. The van der Waals surface area contributed by atoms with Crippen LogP contribution in [0, 0.1) is 20.8 Å². The predicted octanol–water partition coefficient (Wildman–Crippen LogP) is 4.32. The highest BCUT2D eigenvalue weighted by Gasteiger charge is 2.24. The van der Waals surface area contributed by atoms with Gasteiger partial charge >= 0.3 is 0 Å². The Morgan fingerprint density at radius 2 is 2.04 bits per heavy atom. The molecule has 1 fully saturated rings. The maximum atomic E-state index is 12.2. The molecule has 1 saturated heterocycles. The van der Waals surface area contributed by atoms with Crippen molar-refractivity contribution in [2.24, 2.45) is 4.99 Å². The molecule has 1 aliphatic heterocycles. The maximum absolute atomic E-state index is 12.2. The van der Waals surface area contributed by atoms with Crippen LogP contribution < -0.4 is 5.32 Å². The summed E-state index contributed by atoms with van der Waals surface area (Å²) in [5, 5.41) is 3.47. The first-order valence-electron chi connectivity index (χ1n) is 8.01. The number of carbonyl (C=O) groups is 1. The highest BCUT2D eigenvalue weighted by atomic mass is 32.2. The lowest BCUT2D eigenvalue weighted by Crippen LogP contribution is -2.19. The Kier molecular flexibility index (Phi) is 4.62. The third kappa shape index (κ3) is 3.31. The fourth-order valence-corrected chi connectivity index (χ4v) is 3.73. The number of hydrogen-bond donors (Lipinski definition) is 1. The van der Waals surface area contributed by atoms with Crippen molar-refractivity contribution in [1.29, 1.82) is 0 Å². The summed E-state index contributed by atoms with van der Waals surface area (Å²) in [5.74, 6) is -0.0901. The fraction of sp³-hybridized carbons (Fsp3) is 0.263. The van der Waals surface area contributed by atoms with Gasteiger partial charge < -0.3 is 9.88 Å². The van der Waals surface area contributed by atoms with Gasteiger partial charge in [0.15, 0.2) is 5.17 Å². The molecule has 0 atom stereocenters. The van der Waals surface area contributed by atoms with Crippen LogP contribution in [0.5, 0.6) is 0 Å². The molecule has 1 aromatic heterocycles. The van der Waals surface area contributed by atoms with Crippen molar-refractivity contribution in [3.8, 4) is 0 Å². The number of benzene rings is 1. The third-order valence-electron chi connectivity index (χ3n) is 4.10. The Morgan fingerprint density at radius 1 is 1.25 bits per heavy atom. The second-order valence-electron chi connectivity index (χ2n) is 5.89. The summed E-state index contributed by atoms with van der Waals surface area (Å²) in [6.07, 6.45) is 1.95. The number of aryl methyl sites for hydroxylation is 2. The van der Waals surface area contributed by atoms with Crippen LogP contribution in [0.15, 0.2) is 40.2 Å². The molecule has 0 spiro atoms. The van der Waals surface area contributed by atoms with Gasteiger partial charge in [-0.3, -0.25) is 4.79 Å². The van der Waals surface area contributed by atoms with Crippen LogP contribution in [0.2, 0.25) is 0 Å². The third-order valence-corrected chi connectivity index (χ3v) is 5.01. The van der Waals surface area contributed by atoms with E-state index in [1.54, 1.807) is 0 Å². The van der Waals surface area contributed by atoms with Crippen LogP contribution in [0.4, 0.5) is 5.69 Å². The number of carbonyl (C=O) groups excluding carboxylic acids is 1. The van der Waals surface area contributed by atoms with Crippen molar-refractivity contribution in [2.45, 2.75) is 34.2 Å². The number of amides is 1. The van der Waals surface area contributed by atoms with Gasteiger partial charge in [-0.25, -0.2) is 4.99 Å². The molecule has 24 heavy (non-hydrogen) atoms. The minimum atomic E-state index is -0.0901. The number of nitrogens with one attached hydrogen (secondary N) is 1. The zero-order chi connectivity index (χ0) is 17.3. The summed E-state index contributed by atoms with van der Waals surface area (Å²) in [4.78, 5) is 17.4. The summed E-state index contributed by atoms with van der Waals surface area (Å²) < 4.78 is 2.24. The summed E-state index contributed by atoms with van der Waals surface area (Å²) in [6.45, 7) is 9.26. The average molecular weight is 339 g/mol. The number of amidine groups is 1. The highest BCUT2D eigenvalue weighted by molar-refractivity contribution is 8.18. The number of thioether (sulfide) groups is 1. The van der Waals surface area contributed by atoms with Crippen LogP contribution in [0.1, 0.15) is 29.4 Å². The Labute approximate surface area is 146 Å². The van der Waals surface area contributed by atoms with Gasteiger partial charge in [-0.2, -0.15) is 0 Å². The number of nitrogens with zero attached hydrogens (tertiary/aromatic N) is 2. The largest absolute Gasteiger partial charge is 0.349 e.